The van der Waals surface area contributed by atoms with E-state index in [1.54, 1.807) is 45.7 Å². The molecule has 0 saturated heterocycles. The maximum atomic E-state index is 12.1. The summed E-state index contributed by atoms with van der Waals surface area (Å²) in [5, 5.41) is 6.04. The van der Waals surface area contributed by atoms with Gasteiger partial charge in [-0.3, -0.25) is 9.78 Å². The Morgan fingerprint density at radius 1 is 1.03 bits per heavy atom. The van der Waals surface area contributed by atoms with Gasteiger partial charge in [0.05, 0.1) is 44.9 Å². The first-order valence-electron chi connectivity index (χ1n) is 9.86. The molecule has 4 N–H and O–H groups in total. The molecular weight excluding hydrogens is 408 g/mol. The van der Waals surface area contributed by atoms with Crippen LogP contribution >= 0.6 is 0 Å². The number of para-hydroxylation sites is 2. The molecule has 1 amide bonds. The Hall–Kier alpha value is -4.20. The summed E-state index contributed by atoms with van der Waals surface area (Å²) in [5.74, 6) is 1.40. The largest absolute Gasteiger partial charge is 0.493 e. The zero-order valence-corrected chi connectivity index (χ0v) is 18.2. The highest BCUT2D eigenvalue weighted by molar-refractivity contribution is 6.03. The fourth-order valence-electron chi connectivity index (χ4n) is 2.97. The summed E-state index contributed by atoms with van der Waals surface area (Å²) in [4.78, 5) is 16.5. The first-order chi connectivity index (χ1) is 15.5. The van der Waals surface area contributed by atoms with Crippen molar-refractivity contribution in [1.29, 1.82) is 0 Å². The maximum Gasteiger partial charge on any atom is 0.248 e. The quantitative estimate of drug-likeness (QED) is 0.346. The number of carbonyl (C=O) groups excluding carboxylic acids is 1. The highest BCUT2D eigenvalue weighted by atomic mass is 16.5. The van der Waals surface area contributed by atoms with Crippen LogP contribution in [0.5, 0.6) is 17.2 Å². The first-order valence-corrected chi connectivity index (χ1v) is 9.86. The molecule has 0 radical (unpaired) electrons. The number of carbonyl (C=O) groups is 1. The van der Waals surface area contributed by atoms with Crippen molar-refractivity contribution in [3.05, 3.63) is 72.1 Å². The lowest BCUT2D eigenvalue weighted by atomic mass is 10.2. The predicted molar refractivity (Wildman–Crippen MR) is 126 cm³/mol. The van der Waals surface area contributed by atoms with Gasteiger partial charge in [-0.1, -0.05) is 18.2 Å². The molecule has 0 bridgehead atoms. The van der Waals surface area contributed by atoms with Crippen molar-refractivity contribution < 1.29 is 19.0 Å². The molecule has 0 aliphatic carbocycles. The van der Waals surface area contributed by atoms with Crippen molar-refractivity contribution in [2.45, 2.75) is 6.54 Å². The lowest BCUT2D eigenvalue weighted by Gasteiger charge is -2.15. The Morgan fingerprint density at radius 2 is 1.75 bits per heavy atom. The zero-order chi connectivity index (χ0) is 22.9. The molecule has 8 nitrogen and oxygen atoms in total. The highest BCUT2D eigenvalue weighted by Crippen LogP contribution is 2.40. The van der Waals surface area contributed by atoms with Gasteiger partial charge in [0.25, 0.3) is 0 Å². The van der Waals surface area contributed by atoms with E-state index in [9.17, 15) is 4.79 Å². The van der Waals surface area contributed by atoms with E-state index in [1.807, 2.05) is 36.4 Å². The summed E-state index contributed by atoms with van der Waals surface area (Å²) in [6.45, 7) is 0.496. The maximum absolute atomic E-state index is 12.1. The van der Waals surface area contributed by atoms with Gasteiger partial charge >= 0.3 is 0 Å². The Morgan fingerprint density at radius 3 is 2.34 bits per heavy atom. The number of hydrogen-bond acceptors (Lipinski definition) is 7. The summed E-state index contributed by atoms with van der Waals surface area (Å²) >= 11 is 0. The van der Waals surface area contributed by atoms with Gasteiger partial charge in [-0.05, 0) is 29.8 Å². The van der Waals surface area contributed by atoms with Crippen LogP contribution in [0.4, 0.5) is 17.1 Å². The molecule has 0 atom stereocenters. The van der Waals surface area contributed by atoms with E-state index in [2.05, 4.69) is 15.6 Å². The van der Waals surface area contributed by atoms with Gasteiger partial charge < -0.3 is 30.6 Å². The number of nitrogens with zero attached hydrogens (tertiary/aromatic N) is 1. The Labute approximate surface area is 187 Å². The molecule has 0 spiro atoms. The van der Waals surface area contributed by atoms with Crippen LogP contribution in [-0.2, 0) is 11.3 Å². The second-order valence-corrected chi connectivity index (χ2v) is 6.76. The SMILES string of the molecule is COc1cc(NCc2ccc(/C=C/C(=O)Nc3ccccc3N)cn2)cc(OC)c1OC. The molecule has 0 aliphatic heterocycles. The fraction of sp³-hybridized carbons (Fsp3) is 0.167. The number of nitrogen functional groups attached to an aromatic ring is 1. The molecule has 0 aliphatic rings. The van der Waals surface area contributed by atoms with Crippen molar-refractivity contribution in [1.82, 2.24) is 4.98 Å². The summed E-state index contributed by atoms with van der Waals surface area (Å²) in [5.41, 5.74) is 9.37. The minimum absolute atomic E-state index is 0.268. The number of rotatable bonds is 9. The van der Waals surface area contributed by atoms with E-state index in [0.29, 0.717) is 35.2 Å². The molecule has 32 heavy (non-hydrogen) atoms. The number of hydrogen-bond donors (Lipinski definition) is 3. The van der Waals surface area contributed by atoms with Gasteiger partial charge in [-0.25, -0.2) is 0 Å². The van der Waals surface area contributed by atoms with E-state index >= 15 is 0 Å². The molecule has 3 rings (SSSR count). The number of methoxy groups -OCH3 is 3. The van der Waals surface area contributed by atoms with Crippen molar-refractivity contribution in [3.63, 3.8) is 0 Å². The molecule has 0 saturated carbocycles. The third-order valence-electron chi connectivity index (χ3n) is 4.63. The monoisotopic (exact) mass is 434 g/mol. The summed E-state index contributed by atoms with van der Waals surface area (Å²) < 4.78 is 16.1. The molecule has 1 heterocycles. The van der Waals surface area contributed by atoms with Gasteiger partial charge in [-0.2, -0.15) is 0 Å². The number of anilines is 3. The molecular formula is C24H26N4O4. The number of nitrogens with two attached hydrogens (primary N) is 1. The van der Waals surface area contributed by atoms with Gasteiger partial charge in [0.15, 0.2) is 11.5 Å². The first kappa shape index (κ1) is 22.5. The van der Waals surface area contributed by atoms with E-state index in [4.69, 9.17) is 19.9 Å². The van der Waals surface area contributed by atoms with Crippen LogP contribution in [0.25, 0.3) is 6.08 Å². The van der Waals surface area contributed by atoms with Crippen LogP contribution in [0.1, 0.15) is 11.3 Å². The van der Waals surface area contributed by atoms with Crippen LogP contribution in [0.3, 0.4) is 0 Å². The average molecular weight is 434 g/mol. The van der Waals surface area contributed by atoms with Gasteiger partial charge in [0.2, 0.25) is 11.7 Å². The van der Waals surface area contributed by atoms with E-state index in [-0.39, 0.29) is 5.91 Å². The second-order valence-electron chi connectivity index (χ2n) is 6.76. The van der Waals surface area contributed by atoms with Crippen LogP contribution in [0.2, 0.25) is 0 Å². The molecule has 0 fully saturated rings. The fourth-order valence-corrected chi connectivity index (χ4v) is 2.97. The number of pyridine rings is 1. The van der Waals surface area contributed by atoms with Gasteiger partial charge in [-0.15, -0.1) is 0 Å². The topological polar surface area (TPSA) is 108 Å². The zero-order valence-electron chi connectivity index (χ0n) is 18.2. The summed E-state index contributed by atoms with van der Waals surface area (Å²) in [6, 6.07) is 14.5. The van der Waals surface area contributed by atoms with E-state index in [0.717, 1.165) is 16.9 Å². The number of nitrogens with one attached hydrogen (secondary N) is 2. The smallest absolute Gasteiger partial charge is 0.248 e. The van der Waals surface area contributed by atoms with Gasteiger partial charge in [0.1, 0.15) is 0 Å². The molecule has 8 heteroatoms. The standard InChI is InChI=1S/C24H26N4O4/c1-30-21-12-18(13-22(31-2)24(21)32-3)27-15-17-10-8-16(14-26-17)9-11-23(29)28-20-7-5-4-6-19(20)25/h4-14,27H,15,25H2,1-3H3,(H,28,29)/b11-9+. The lowest BCUT2D eigenvalue weighted by Crippen LogP contribution is -2.09. The number of ether oxygens (including phenoxy) is 3. The Balaban J connectivity index is 1.60. The van der Waals surface area contributed by atoms with Crippen LogP contribution in [-0.4, -0.2) is 32.2 Å². The van der Waals surface area contributed by atoms with Crippen LogP contribution in [0.15, 0.2) is 60.8 Å². The second kappa shape index (κ2) is 10.7. The third kappa shape index (κ3) is 5.69. The molecule has 1 aromatic heterocycles. The lowest BCUT2D eigenvalue weighted by molar-refractivity contribution is -0.111. The average Bonchev–Trinajstić information content (AvgIpc) is 2.82. The van der Waals surface area contributed by atoms with Crippen molar-refractivity contribution >= 4 is 29.0 Å². The van der Waals surface area contributed by atoms with E-state index < -0.39 is 0 Å². The molecule has 0 unspecified atom stereocenters. The van der Waals surface area contributed by atoms with Crippen LogP contribution in [0, 0.1) is 0 Å². The predicted octanol–water partition coefficient (Wildman–Crippen LogP) is 3.95. The minimum Gasteiger partial charge on any atom is -0.493 e. The summed E-state index contributed by atoms with van der Waals surface area (Å²) in [7, 11) is 4.71. The summed E-state index contributed by atoms with van der Waals surface area (Å²) in [6.07, 6.45) is 4.84. The van der Waals surface area contributed by atoms with Crippen molar-refractivity contribution in [3.8, 4) is 17.2 Å². The van der Waals surface area contributed by atoms with Crippen molar-refractivity contribution in [2.24, 2.45) is 0 Å². The number of amides is 1. The normalized spacial score (nSPS) is 10.6. The Bertz CT molecular complexity index is 1070. The van der Waals surface area contributed by atoms with Crippen molar-refractivity contribution in [2.75, 3.05) is 37.7 Å². The molecule has 3 aromatic rings. The van der Waals surface area contributed by atoms with Gasteiger partial charge in [0, 0.05) is 30.1 Å². The number of benzene rings is 2. The highest BCUT2D eigenvalue weighted by Gasteiger charge is 2.13. The Kier molecular flexibility index (Phi) is 7.53. The van der Waals surface area contributed by atoms with Crippen LogP contribution < -0.4 is 30.6 Å². The third-order valence-corrected chi connectivity index (χ3v) is 4.63. The molecule has 166 valence electrons. The minimum atomic E-state index is -0.268. The number of aromatic nitrogens is 1. The van der Waals surface area contributed by atoms with E-state index in [1.165, 1.54) is 6.08 Å². The molecule has 2 aromatic carbocycles.